The zero-order chi connectivity index (χ0) is 19.2. The molecule has 0 radical (unpaired) electrons. The molecule has 2 heterocycles. The normalized spacial score (nSPS) is 14.5. The van der Waals surface area contributed by atoms with Gasteiger partial charge in [-0.3, -0.25) is 4.98 Å². The Kier molecular flexibility index (Phi) is 5.66. The Labute approximate surface area is 165 Å². The standard InChI is InChI=1S/C22H25N5O/c1-28-18-11-7-10-17(14-18)24-21-15-20(19-12-5-6-13-23-19)26-22(27-21)25-16-8-3-2-4-9-16/h5-7,10-16H,2-4,8-9H2,1H3,(H2,24,25,26,27). The number of pyridine rings is 1. The summed E-state index contributed by atoms with van der Waals surface area (Å²) in [5, 5.41) is 6.89. The van der Waals surface area contributed by atoms with Crippen molar-refractivity contribution in [1.29, 1.82) is 0 Å². The number of nitrogens with one attached hydrogen (secondary N) is 2. The molecule has 0 saturated heterocycles. The van der Waals surface area contributed by atoms with Crippen molar-refractivity contribution in [3.8, 4) is 17.1 Å². The Hall–Kier alpha value is -3.15. The van der Waals surface area contributed by atoms with Crippen molar-refractivity contribution in [2.24, 2.45) is 0 Å². The van der Waals surface area contributed by atoms with E-state index in [1.165, 1.54) is 19.3 Å². The molecule has 0 aliphatic heterocycles. The van der Waals surface area contributed by atoms with Gasteiger partial charge in [0.2, 0.25) is 5.95 Å². The van der Waals surface area contributed by atoms with Gasteiger partial charge in [-0.1, -0.05) is 31.4 Å². The molecule has 1 fully saturated rings. The number of ether oxygens (including phenoxy) is 1. The fraction of sp³-hybridized carbons (Fsp3) is 0.318. The highest BCUT2D eigenvalue weighted by Crippen LogP contribution is 2.26. The molecular formula is C22H25N5O. The van der Waals surface area contributed by atoms with Crippen LogP contribution in [0.5, 0.6) is 5.75 Å². The summed E-state index contributed by atoms with van der Waals surface area (Å²) >= 11 is 0. The lowest BCUT2D eigenvalue weighted by Crippen LogP contribution is -2.23. The van der Waals surface area contributed by atoms with E-state index in [1.807, 2.05) is 48.5 Å². The molecule has 3 aromatic rings. The molecule has 144 valence electrons. The molecule has 28 heavy (non-hydrogen) atoms. The molecule has 0 spiro atoms. The third-order valence-corrected chi connectivity index (χ3v) is 4.93. The van der Waals surface area contributed by atoms with Crippen LogP contribution in [0.3, 0.4) is 0 Å². The van der Waals surface area contributed by atoms with Crippen LogP contribution in [-0.2, 0) is 0 Å². The predicted molar refractivity (Wildman–Crippen MR) is 112 cm³/mol. The van der Waals surface area contributed by atoms with Crippen LogP contribution in [0.2, 0.25) is 0 Å². The Morgan fingerprint density at radius 1 is 0.929 bits per heavy atom. The first-order valence-corrected chi connectivity index (χ1v) is 9.78. The van der Waals surface area contributed by atoms with Crippen LogP contribution in [0.25, 0.3) is 11.4 Å². The van der Waals surface area contributed by atoms with Crippen molar-refractivity contribution >= 4 is 17.5 Å². The van der Waals surface area contributed by atoms with Gasteiger partial charge in [0.05, 0.1) is 18.5 Å². The number of hydrogen-bond acceptors (Lipinski definition) is 6. The second-order valence-corrected chi connectivity index (χ2v) is 7.01. The fourth-order valence-electron chi connectivity index (χ4n) is 3.50. The van der Waals surface area contributed by atoms with Gasteiger partial charge in [0, 0.05) is 30.1 Å². The highest BCUT2D eigenvalue weighted by Gasteiger charge is 2.16. The monoisotopic (exact) mass is 375 g/mol. The van der Waals surface area contributed by atoms with Crippen LogP contribution >= 0.6 is 0 Å². The molecule has 2 aromatic heterocycles. The van der Waals surface area contributed by atoms with E-state index in [2.05, 4.69) is 15.6 Å². The lowest BCUT2D eigenvalue weighted by molar-refractivity contribution is 0.415. The SMILES string of the molecule is COc1cccc(Nc2cc(-c3ccccn3)nc(NC3CCCCC3)n2)c1. The Morgan fingerprint density at radius 2 is 1.82 bits per heavy atom. The second kappa shape index (κ2) is 8.69. The molecule has 0 atom stereocenters. The van der Waals surface area contributed by atoms with Gasteiger partial charge in [0.25, 0.3) is 0 Å². The van der Waals surface area contributed by atoms with Crippen LogP contribution in [0.1, 0.15) is 32.1 Å². The van der Waals surface area contributed by atoms with Crippen molar-refractivity contribution in [1.82, 2.24) is 15.0 Å². The summed E-state index contributed by atoms with van der Waals surface area (Å²) in [7, 11) is 1.66. The fourth-order valence-corrected chi connectivity index (χ4v) is 3.50. The van der Waals surface area contributed by atoms with Gasteiger partial charge < -0.3 is 15.4 Å². The number of benzene rings is 1. The third kappa shape index (κ3) is 4.57. The molecule has 1 aromatic carbocycles. The van der Waals surface area contributed by atoms with E-state index in [4.69, 9.17) is 14.7 Å². The number of anilines is 3. The first-order valence-electron chi connectivity index (χ1n) is 9.78. The average molecular weight is 375 g/mol. The van der Waals surface area contributed by atoms with Crippen molar-refractivity contribution in [3.63, 3.8) is 0 Å². The van der Waals surface area contributed by atoms with E-state index in [-0.39, 0.29) is 0 Å². The van der Waals surface area contributed by atoms with E-state index in [0.717, 1.165) is 41.5 Å². The number of methoxy groups -OCH3 is 1. The maximum atomic E-state index is 5.31. The molecule has 0 unspecified atom stereocenters. The lowest BCUT2D eigenvalue weighted by atomic mass is 9.96. The molecule has 2 N–H and O–H groups in total. The molecule has 4 rings (SSSR count). The topological polar surface area (TPSA) is 72.0 Å². The van der Waals surface area contributed by atoms with Crippen LogP contribution < -0.4 is 15.4 Å². The first kappa shape index (κ1) is 18.2. The van der Waals surface area contributed by atoms with Crippen LogP contribution in [0, 0.1) is 0 Å². The minimum atomic E-state index is 0.428. The largest absolute Gasteiger partial charge is 0.497 e. The van der Waals surface area contributed by atoms with Gasteiger partial charge in [0.15, 0.2) is 0 Å². The average Bonchev–Trinajstić information content (AvgIpc) is 2.75. The predicted octanol–water partition coefficient (Wildman–Crippen LogP) is 5.04. The summed E-state index contributed by atoms with van der Waals surface area (Å²) in [4.78, 5) is 13.9. The Balaban J connectivity index is 1.64. The molecule has 1 aliphatic rings. The summed E-state index contributed by atoms with van der Waals surface area (Å²) in [6.07, 6.45) is 7.93. The zero-order valence-corrected chi connectivity index (χ0v) is 16.1. The highest BCUT2D eigenvalue weighted by molar-refractivity contribution is 5.65. The Bertz CT molecular complexity index is 910. The number of rotatable bonds is 6. The molecule has 0 bridgehead atoms. The highest BCUT2D eigenvalue weighted by atomic mass is 16.5. The van der Waals surface area contributed by atoms with Crippen molar-refractivity contribution < 1.29 is 4.74 Å². The second-order valence-electron chi connectivity index (χ2n) is 7.01. The van der Waals surface area contributed by atoms with Crippen LogP contribution in [0.4, 0.5) is 17.5 Å². The molecular weight excluding hydrogens is 350 g/mol. The zero-order valence-electron chi connectivity index (χ0n) is 16.1. The number of nitrogens with zero attached hydrogens (tertiary/aromatic N) is 3. The van der Waals surface area contributed by atoms with Gasteiger partial charge in [-0.15, -0.1) is 0 Å². The van der Waals surface area contributed by atoms with Crippen LogP contribution in [0.15, 0.2) is 54.7 Å². The lowest BCUT2D eigenvalue weighted by Gasteiger charge is -2.23. The maximum Gasteiger partial charge on any atom is 0.225 e. The third-order valence-electron chi connectivity index (χ3n) is 4.93. The van der Waals surface area contributed by atoms with Gasteiger partial charge in [-0.25, -0.2) is 4.98 Å². The van der Waals surface area contributed by atoms with Crippen molar-refractivity contribution in [2.45, 2.75) is 38.1 Å². The van der Waals surface area contributed by atoms with Gasteiger partial charge in [-0.05, 0) is 37.1 Å². The van der Waals surface area contributed by atoms with E-state index < -0.39 is 0 Å². The maximum absolute atomic E-state index is 5.31. The van der Waals surface area contributed by atoms with E-state index in [9.17, 15) is 0 Å². The van der Waals surface area contributed by atoms with Crippen molar-refractivity contribution in [2.75, 3.05) is 17.7 Å². The molecule has 6 heteroatoms. The quantitative estimate of drug-likeness (QED) is 0.629. The summed E-state index contributed by atoms with van der Waals surface area (Å²) in [5.41, 5.74) is 2.53. The molecule has 0 amide bonds. The summed E-state index contributed by atoms with van der Waals surface area (Å²) < 4.78 is 5.31. The summed E-state index contributed by atoms with van der Waals surface area (Å²) in [6.45, 7) is 0. The molecule has 1 aliphatic carbocycles. The molecule has 6 nitrogen and oxygen atoms in total. The minimum absolute atomic E-state index is 0.428. The van der Waals surface area contributed by atoms with E-state index in [1.54, 1.807) is 13.3 Å². The van der Waals surface area contributed by atoms with Crippen LogP contribution in [-0.4, -0.2) is 28.1 Å². The van der Waals surface area contributed by atoms with E-state index in [0.29, 0.717) is 12.0 Å². The van der Waals surface area contributed by atoms with Gasteiger partial charge >= 0.3 is 0 Å². The number of aromatic nitrogens is 3. The summed E-state index contributed by atoms with van der Waals surface area (Å²) in [5.74, 6) is 2.16. The minimum Gasteiger partial charge on any atom is -0.497 e. The smallest absolute Gasteiger partial charge is 0.225 e. The Morgan fingerprint density at radius 3 is 2.61 bits per heavy atom. The van der Waals surface area contributed by atoms with Crippen molar-refractivity contribution in [3.05, 3.63) is 54.7 Å². The van der Waals surface area contributed by atoms with E-state index >= 15 is 0 Å². The van der Waals surface area contributed by atoms with Gasteiger partial charge in [-0.2, -0.15) is 4.98 Å². The molecule has 1 saturated carbocycles. The first-order chi connectivity index (χ1) is 13.8. The summed E-state index contributed by atoms with van der Waals surface area (Å²) in [6, 6.07) is 16.0. The van der Waals surface area contributed by atoms with Gasteiger partial charge in [0.1, 0.15) is 11.6 Å². The number of hydrogen-bond donors (Lipinski definition) is 2.